The maximum atomic E-state index is 10.9. The van der Waals surface area contributed by atoms with E-state index in [1.807, 2.05) is 0 Å². The Morgan fingerprint density at radius 1 is 1.40 bits per heavy atom. The monoisotopic (exact) mass is 212 g/mol. The number of aromatic hydroxyl groups is 2. The van der Waals surface area contributed by atoms with Crippen molar-refractivity contribution in [2.24, 2.45) is 0 Å². The number of rotatable bonds is 3. The minimum atomic E-state index is -1.26. The summed E-state index contributed by atoms with van der Waals surface area (Å²) in [6.07, 6.45) is -1.24. The first-order valence-corrected chi connectivity index (χ1v) is 4.31. The predicted octanol–water partition coefficient (Wildman–Crippen LogP) is 0.174. The molecule has 0 aliphatic rings. The lowest BCUT2D eigenvalue weighted by molar-refractivity contribution is -0.150. The molecule has 0 radical (unpaired) electrons. The second kappa shape index (κ2) is 4.65. The summed E-state index contributed by atoms with van der Waals surface area (Å²) in [5.74, 6) is -1.27. The Labute approximate surface area is 86.5 Å². The van der Waals surface area contributed by atoms with Crippen LogP contribution in [-0.4, -0.2) is 34.5 Å². The topological polar surface area (TPSA) is 87.0 Å². The summed E-state index contributed by atoms with van der Waals surface area (Å²) in [6, 6.07) is 4.07. The van der Waals surface area contributed by atoms with Gasteiger partial charge in [0.1, 0.15) is 0 Å². The number of carbonyl (C=O) groups excluding carboxylic acids is 1. The van der Waals surface area contributed by atoms with Crippen LogP contribution in [0.25, 0.3) is 0 Å². The zero-order valence-corrected chi connectivity index (χ0v) is 8.17. The van der Waals surface area contributed by atoms with E-state index in [1.165, 1.54) is 25.3 Å². The Morgan fingerprint density at radius 2 is 2.07 bits per heavy atom. The third kappa shape index (κ3) is 2.85. The van der Waals surface area contributed by atoms with Gasteiger partial charge in [-0.1, -0.05) is 6.07 Å². The fraction of sp³-hybridized carbons (Fsp3) is 0.300. The van der Waals surface area contributed by atoms with Crippen molar-refractivity contribution >= 4 is 5.97 Å². The van der Waals surface area contributed by atoms with E-state index in [9.17, 15) is 9.90 Å². The van der Waals surface area contributed by atoms with Crippen molar-refractivity contribution in [2.75, 3.05) is 7.11 Å². The summed E-state index contributed by atoms with van der Waals surface area (Å²) in [4.78, 5) is 10.9. The smallest absolute Gasteiger partial charge is 0.335 e. The normalized spacial score (nSPS) is 12.1. The average Bonchev–Trinajstić information content (AvgIpc) is 2.22. The van der Waals surface area contributed by atoms with E-state index >= 15 is 0 Å². The number of aliphatic hydroxyl groups excluding tert-OH is 1. The number of methoxy groups -OCH3 is 1. The molecule has 0 saturated carbocycles. The van der Waals surface area contributed by atoms with Gasteiger partial charge in [-0.05, 0) is 17.7 Å². The van der Waals surface area contributed by atoms with Crippen molar-refractivity contribution < 1.29 is 24.9 Å². The Morgan fingerprint density at radius 3 is 2.60 bits per heavy atom. The Hall–Kier alpha value is -1.75. The van der Waals surface area contributed by atoms with E-state index in [0.29, 0.717) is 5.56 Å². The number of benzene rings is 1. The van der Waals surface area contributed by atoms with Crippen molar-refractivity contribution in [3.05, 3.63) is 23.8 Å². The maximum absolute atomic E-state index is 10.9. The fourth-order valence-corrected chi connectivity index (χ4v) is 1.14. The Kier molecular flexibility index (Phi) is 3.51. The highest BCUT2D eigenvalue weighted by Crippen LogP contribution is 2.25. The molecule has 0 spiro atoms. The molecular weight excluding hydrogens is 200 g/mol. The molecule has 5 heteroatoms. The molecule has 1 rings (SSSR count). The van der Waals surface area contributed by atoms with Gasteiger partial charge in [0, 0.05) is 6.42 Å². The molecule has 15 heavy (non-hydrogen) atoms. The number of hydrogen-bond donors (Lipinski definition) is 3. The predicted molar refractivity (Wildman–Crippen MR) is 51.5 cm³/mol. The van der Waals surface area contributed by atoms with Gasteiger partial charge in [0.2, 0.25) is 0 Å². The molecule has 0 fully saturated rings. The molecule has 1 aromatic rings. The summed E-state index contributed by atoms with van der Waals surface area (Å²) in [5, 5.41) is 27.5. The van der Waals surface area contributed by atoms with Crippen molar-refractivity contribution in [1.29, 1.82) is 0 Å². The van der Waals surface area contributed by atoms with E-state index in [4.69, 9.17) is 10.2 Å². The van der Waals surface area contributed by atoms with Gasteiger partial charge >= 0.3 is 5.97 Å². The van der Waals surface area contributed by atoms with E-state index in [1.54, 1.807) is 0 Å². The van der Waals surface area contributed by atoms with Gasteiger partial charge in [-0.25, -0.2) is 4.79 Å². The van der Waals surface area contributed by atoms with Crippen LogP contribution >= 0.6 is 0 Å². The second-order valence-electron chi connectivity index (χ2n) is 3.07. The SMILES string of the molecule is COC(=O)C(O)Cc1ccc(O)c(O)c1. The highest BCUT2D eigenvalue weighted by atomic mass is 16.5. The quantitative estimate of drug-likeness (QED) is 0.491. The number of phenols is 2. The summed E-state index contributed by atoms with van der Waals surface area (Å²) in [5.41, 5.74) is 0.531. The zero-order chi connectivity index (χ0) is 11.4. The lowest BCUT2D eigenvalue weighted by atomic mass is 10.1. The van der Waals surface area contributed by atoms with Crippen molar-refractivity contribution in [1.82, 2.24) is 0 Å². The molecule has 0 aromatic heterocycles. The number of ether oxygens (including phenoxy) is 1. The number of phenolic OH excluding ortho intramolecular Hbond substituents is 2. The van der Waals surface area contributed by atoms with Crippen molar-refractivity contribution in [2.45, 2.75) is 12.5 Å². The summed E-state index contributed by atoms with van der Waals surface area (Å²) in [6.45, 7) is 0. The molecular formula is C10H12O5. The molecule has 1 atom stereocenters. The molecule has 3 N–H and O–H groups in total. The highest BCUT2D eigenvalue weighted by Gasteiger charge is 2.16. The molecule has 0 aliphatic heterocycles. The molecule has 82 valence electrons. The van der Waals surface area contributed by atoms with E-state index in [-0.39, 0.29) is 17.9 Å². The minimum absolute atomic E-state index is 0.0283. The number of esters is 1. The van der Waals surface area contributed by atoms with Crippen LogP contribution < -0.4 is 0 Å². The number of hydrogen-bond acceptors (Lipinski definition) is 5. The fourth-order valence-electron chi connectivity index (χ4n) is 1.14. The molecule has 0 heterocycles. The summed E-state index contributed by atoms with van der Waals surface area (Å²) >= 11 is 0. The van der Waals surface area contributed by atoms with Gasteiger partial charge in [-0.15, -0.1) is 0 Å². The standard InChI is InChI=1S/C10H12O5/c1-15-10(14)9(13)5-6-2-3-7(11)8(12)4-6/h2-4,9,11-13H,5H2,1H3. The van der Waals surface area contributed by atoms with Gasteiger partial charge in [-0.3, -0.25) is 0 Å². The average molecular weight is 212 g/mol. The van der Waals surface area contributed by atoms with Gasteiger partial charge in [0.15, 0.2) is 17.6 Å². The highest BCUT2D eigenvalue weighted by molar-refractivity contribution is 5.74. The summed E-state index contributed by atoms with van der Waals surface area (Å²) in [7, 11) is 1.18. The van der Waals surface area contributed by atoms with Crippen LogP contribution in [0.1, 0.15) is 5.56 Å². The van der Waals surface area contributed by atoms with Crippen molar-refractivity contribution in [3.8, 4) is 11.5 Å². The van der Waals surface area contributed by atoms with Crippen molar-refractivity contribution in [3.63, 3.8) is 0 Å². The maximum Gasteiger partial charge on any atom is 0.335 e. The van der Waals surface area contributed by atoms with Crippen LogP contribution in [0.4, 0.5) is 0 Å². The van der Waals surface area contributed by atoms with Crippen LogP contribution in [0, 0.1) is 0 Å². The molecule has 1 aromatic carbocycles. The van der Waals surface area contributed by atoms with Crippen LogP contribution in [0.5, 0.6) is 11.5 Å². The lowest BCUT2D eigenvalue weighted by Gasteiger charge is -2.08. The van der Waals surface area contributed by atoms with E-state index in [0.717, 1.165) is 0 Å². The van der Waals surface area contributed by atoms with Crippen LogP contribution in [-0.2, 0) is 16.0 Å². The van der Waals surface area contributed by atoms with Gasteiger partial charge in [-0.2, -0.15) is 0 Å². The van der Waals surface area contributed by atoms with Crippen LogP contribution in [0.2, 0.25) is 0 Å². The molecule has 0 saturated heterocycles. The lowest BCUT2D eigenvalue weighted by Crippen LogP contribution is -2.23. The van der Waals surface area contributed by atoms with Gasteiger partial charge in [0.05, 0.1) is 7.11 Å². The second-order valence-corrected chi connectivity index (χ2v) is 3.07. The molecule has 0 bridgehead atoms. The van der Waals surface area contributed by atoms with Gasteiger partial charge < -0.3 is 20.1 Å². The molecule has 5 nitrogen and oxygen atoms in total. The number of carbonyl (C=O) groups is 1. The van der Waals surface area contributed by atoms with Gasteiger partial charge in [0.25, 0.3) is 0 Å². The molecule has 1 unspecified atom stereocenters. The number of aliphatic hydroxyl groups is 1. The third-order valence-corrected chi connectivity index (χ3v) is 1.94. The van der Waals surface area contributed by atoms with E-state index in [2.05, 4.69) is 4.74 Å². The largest absolute Gasteiger partial charge is 0.504 e. The zero-order valence-electron chi connectivity index (χ0n) is 8.17. The van der Waals surface area contributed by atoms with Crippen LogP contribution in [0.15, 0.2) is 18.2 Å². The van der Waals surface area contributed by atoms with E-state index < -0.39 is 12.1 Å². The molecule has 0 aliphatic carbocycles. The summed E-state index contributed by atoms with van der Waals surface area (Å²) < 4.78 is 4.34. The van der Waals surface area contributed by atoms with Crippen LogP contribution in [0.3, 0.4) is 0 Å². The first-order valence-electron chi connectivity index (χ1n) is 4.31. The first kappa shape index (κ1) is 11.3. The Balaban J connectivity index is 2.73. The Bertz CT molecular complexity index is 361. The first-order chi connectivity index (χ1) is 7.04. The minimum Gasteiger partial charge on any atom is -0.504 e. The molecule has 0 amide bonds. The third-order valence-electron chi connectivity index (χ3n) is 1.94.